The first-order valence-corrected chi connectivity index (χ1v) is 8.78. The SMILES string of the molecule is CC(C)COCCCNC(=O)CSCc1cccc(Cl)c1. The molecule has 0 aliphatic rings. The van der Waals surface area contributed by atoms with Crippen LogP contribution in [-0.4, -0.2) is 31.4 Å². The Bertz CT molecular complexity index is 426. The number of hydrogen-bond acceptors (Lipinski definition) is 3. The van der Waals surface area contributed by atoms with Gasteiger partial charge < -0.3 is 10.1 Å². The highest BCUT2D eigenvalue weighted by atomic mass is 35.5. The molecule has 3 nitrogen and oxygen atoms in total. The third-order valence-electron chi connectivity index (χ3n) is 2.63. The molecule has 0 aliphatic heterocycles. The summed E-state index contributed by atoms with van der Waals surface area (Å²) < 4.78 is 5.46. The van der Waals surface area contributed by atoms with E-state index in [4.69, 9.17) is 16.3 Å². The predicted octanol–water partition coefficient (Wildman–Crippen LogP) is 3.75. The topological polar surface area (TPSA) is 38.3 Å². The molecule has 5 heteroatoms. The minimum absolute atomic E-state index is 0.0749. The first kappa shape index (κ1) is 18.3. The van der Waals surface area contributed by atoms with Crippen LogP contribution in [0.2, 0.25) is 5.02 Å². The van der Waals surface area contributed by atoms with Gasteiger partial charge >= 0.3 is 0 Å². The largest absolute Gasteiger partial charge is 0.381 e. The molecule has 1 aromatic rings. The zero-order valence-corrected chi connectivity index (χ0v) is 14.3. The maximum absolute atomic E-state index is 11.6. The molecule has 1 rings (SSSR count). The number of hydrogen-bond donors (Lipinski definition) is 1. The molecule has 1 aromatic carbocycles. The van der Waals surface area contributed by atoms with Gasteiger partial charge in [-0.25, -0.2) is 0 Å². The lowest BCUT2D eigenvalue weighted by atomic mass is 10.2. The van der Waals surface area contributed by atoms with Gasteiger partial charge in [-0.1, -0.05) is 37.6 Å². The summed E-state index contributed by atoms with van der Waals surface area (Å²) >= 11 is 7.51. The number of carbonyl (C=O) groups excluding carboxylic acids is 1. The van der Waals surface area contributed by atoms with Gasteiger partial charge in [0.1, 0.15) is 0 Å². The van der Waals surface area contributed by atoms with Gasteiger partial charge in [-0.2, -0.15) is 0 Å². The van der Waals surface area contributed by atoms with Crippen LogP contribution in [0.3, 0.4) is 0 Å². The Morgan fingerprint density at radius 3 is 2.95 bits per heavy atom. The maximum atomic E-state index is 11.6. The molecule has 0 saturated heterocycles. The van der Waals surface area contributed by atoms with Crippen LogP contribution in [-0.2, 0) is 15.3 Å². The van der Waals surface area contributed by atoms with Crippen LogP contribution in [0.4, 0.5) is 0 Å². The summed E-state index contributed by atoms with van der Waals surface area (Å²) in [4.78, 5) is 11.6. The van der Waals surface area contributed by atoms with Crippen LogP contribution in [0, 0.1) is 5.92 Å². The molecule has 1 N–H and O–H groups in total. The molecule has 0 atom stereocenters. The van der Waals surface area contributed by atoms with Gasteiger partial charge in [-0.15, -0.1) is 11.8 Å². The summed E-state index contributed by atoms with van der Waals surface area (Å²) in [6.07, 6.45) is 0.859. The molecule has 0 bridgehead atoms. The van der Waals surface area contributed by atoms with E-state index in [1.54, 1.807) is 11.8 Å². The molecular weight excluding hydrogens is 306 g/mol. The number of benzene rings is 1. The van der Waals surface area contributed by atoms with E-state index >= 15 is 0 Å². The van der Waals surface area contributed by atoms with E-state index in [9.17, 15) is 4.79 Å². The van der Waals surface area contributed by atoms with Gasteiger partial charge in [0.05, 0.1) is 5.75 Å². The quantitative estimate of drug-likeness (QED) is 0.664. The number of rotatable bonds is 10. The van der Waals surface area contributed by atoms with Crippen LogP contribution >= 0.6 is 23.4 Å². The van der Waals surface area contributed by atoms with Crippen molar-refractivity contribution in [3.05, 3.63) is 34.9 Å². The van der Waals surface area contributed by atoms with E-state index in [-0.39, 0.29) is 5.91 Å². The van der Waals surface area contributed by atoms with Gasteiger partial charge in [0, 0.05) is 30.5 Å². The van der Waals surface area contributed by atoms with Crippen molar-refractivity contribution >= 4 is 29.3 Å². The average Bonchev–Trinajstić information content (AvgIpc) is 2.42. The number of amides is 1. The van der Waals surface area contributed by atoms with Crippen molar-refractivity contribution in [1.29, 1.82) is 0 Å². The van der Waals surface area contributed by atoms with Crippen LogP contribution in [0.15, 0.2) is 24.3 Å². The summed E-state index contributed by atoms with van der Waals surface area (Å²) in [6, 6.07) is 7.72. The Balaban J connectivity index is 2.01. The van der Waals surface area contributed by atoms with Gasteiger partial charge in [-0.3, -0.25) is 4.79 Å². The standard InChI is InChI=1S/C16H24ClNO2S/c1-13(2)10-20-8-4-7-18-16(19)12-21-11-14-5-3-6-15(17)9-14/h3,5-6,9,13H,4,7-8,10-12H2,1-2H3,(H,18,19). The van der Waals surface area contributed by atoms with E-state index < -0.39 is 0 Å². The van der Waals surface area contributed by atoms with Crippen molar-refractivity contribution in [2.75, 3.05) is 25.5 Å². The van der Waals surface area contributed by atoms with Crippen molar-refractivity contribution in [2.24, 2.45) is 5.92 Å². The van der Waals surface area contributed by atoms with Crippen LogP contribution in [0.1, 0.15) is 25.8 Å². The third-order valence-corrected chi connectivity index (χ3v) is 3.87. The zero-order chi connectivity index (χ0) is 15.5. The summed E-state index contributed by atoms with van der Waals surface area (Å²) in [5.74, 6) is 1.90. The monoisotopic (exact) mass is 329 g/mol. The van der Waals surface area contributed by atoms with E-state index in [2.05, 4.69) is 19.2 Å². The molecule has 118 valence electrons. The van der Waals surface area contributed by atoms with Crippen molar-refractivity contribution in [1.82, 2.24) is 5.32 Å². The Labute approximate surface area is 136 Å². The number of carbonyl (C=O) groups is 1. The number of thioether (sulfide) groups is 1. The second-order valence-corrected chi connectivity index (χ2v) is 6.72. The summed E-state index contributed by atoms with van der Waals surface area (Å²) in [6.45, 7) is 6.41. The molecule has 0 aromatic heterocycles. The minimum atomic E-state index is 0.0749. The fourth-order valence-corrected chi connectivity index (χ4v) is 2.68. The second-order valence-electron chi connectivity index (χ2n) is 5.29. The number of nitrogens with one attached hydrogen (secondary N) is 1. The Morgan fingerprint density at radius 2 is 2.24 bits per heavy atom. The van der Waals surface area contributed by atoms with E-state index in [1.807, 2.05) is 24.3 Å². The smallest absolute Gasteiger partial charge is 0.230 e. The fraction of sp³-hybridized carbons (Fsp3) is 0.562. The Morgan fingerprint density at radius 1 is 1.43 bits per heavy atom. The lowest BCUT2D eigenvalue weighted by Gasteiger charge is -2.08. The van der Waals surface area contributed by atoms with Crippen LogP contribution < -0.4 is 5.32 Å². The van der Waals surface area contributed by atoms with Gasteiger partial charge in [0.25, 0.3) is 0 Å². The van der Waals surface area contributed by atoms with Crippen LogP contribution in [0.5, 0.6) is 0 Å². The number of halogens is 1. The first-order valence-electron chi connectivity index (χ1n) is 7.24. The molecule has 1 amide bonds. The lowest BCUT2D eigenvalue weighted by molar-refractivity contribution is -0.118. The highest BCUT2D eigenvalue weighted by molar-refractivity contribution is 7.99. The van der Waals surface area contributed by atoms with Crippen molar-refractivity contribution in [3.63, 3.8) is 0 Å². The van der Waals surface area contributed by atoms with E-state index in [1.165, 1.54) is 0 Å². The zero-order valence-electron chi connectivity index (χ0n) is 12.7. The van der Waals surface area contributed by atoms with Gasteiger partial charge in [0.15, 0.2) is 0 Å². The normalized spacial score (nSPS) is 10.9. The molecular formula is C16H24ClNO2S. The maximum Gasteiger partial charge on any atom is 0.230 e. The first-order chi connectivity index (χ1) is 10.1. The summed E-state index contributed by atoms with van der Waals surface area (Å²) in [5, 5.41) is 3.64. The molecule has 0 radical (unpaired) electrons. The lowest BCUT2D eigenvalue weighted by Crippen LogP contribution is -2.27. The number of ether oxygens (including phenoxy) is 1. The van der Waals surface area contributed by atoms with Crippen molar-refractivity contribution in [2.45, 2.75) is 26.0 Å². The molecule has 0 aliphatic carbocycles. The summed E-state index contributed by atoms with van der Waals surface area (Å²) in [5.41, 5.74) is 1.14. The van der Waals surface area contributed by atoms with E-state index in [0.29, 0.717) is 24.8 Å². The molecule has 0 spiro atoms. The Kier molecular flexibility index (Phi) is 9.55. The predicted molar refractivity (Wildman–Crippen MR) is 90.9 cm³/mol. The van der Waals surface area contributed by atoms with E-state index in [0.717, 1.165) is 29.4 Å². The fourth-order valence-electron chi connectivity index (χ4n) is 1.66. The van der Waals surface area contributed by atoms with Gasteiger partial charge in [0.2, 0.25) is 5.91 Å². The summed E-state index contributed by atoms with van der Waals surface area (Å²) in [7, 11) is 0. The highest BCUT2D eigenvalue weighted by Gasteiger charge is 2.02. The molecule has 0 unspecified atom stereocenters. The minimum Gasteiger partial charge on any atom is -0.381 e. The highest BCUT2D eigenvalue weighted by Crippen LogP contribution is 2.16. The van der Waals surface area contributed by atoms with Crippen molar-refractivity contribution in [3.8, 4) is 0 Å². The molecule has 0 heterocycles. The Hall–Kier alpha value is -0.710. The third kappa shape index (κ3) is 9.77. The van der Waals surface area contributed by atoms with Crippen LogP contribution in [0.25, 0.3) is 0 Å². The van der Waals surface area contributed by atoms with Crippen molar-refractivity contribution < 1.29 is 9.53 Å². The van der Waals surface area contributed by atoms with Gasteiger partial charge in [-0.05, 0) is 30.0 Å². The molecule has 0 fully saturated rings. The average molecular weight is 330 g/mol. The second kappa shape index (κ2) is 10.9. The molecule has 21 heavy (non-hydrogen) atoms. The molecule has 0 saturated carbocycles.